The molecule has 2 N–H and O–H groups in total. The van der Waals surface area contributed by atoms with Crippen molar-refractivity contribution in [3.8, 4) is 11.5 Å². The van der Waals surface area contributed by atoms with E-state index in [-0.39, 0.29) is 12.2 Å². The molecule has 5 atom stereocenters. The van der Waals surface area contributed by atoms with E-state index in [0.29, 0.717) is 37.4 Å². The van der Waals surface area contributed by atoms with Crippen LogP contribution >= 0.6 is 0 Å². The number of hydrogen-bond donors (Lipinski definition) is 2. The lowest BCUT2D eigenvalue weighted by molar-refractivity contribution is -0.209. The largest absolute Gasteiger partial charge is 0.493 e. The fourth-order valence-corrected chi connectivity index (χ4v) is 6.01. The normalized spacial score (nSPS) is 40.0. The molecule has 0 amide bonds. The van der Waals surface area contributed by atoms with Gasteiger partial charge in [-0.05, 0) is 24.5 Å². The summed E-state index contributed by atoms with van der Waals surface area (Å²) in [7, 11) is 1.56. The number of carbonyl (C=O) groups is 1. The van der Waals surface area contributed by atoms with E-state index in [9.17, 15) is 15.0 Å². The zero-order chi connectivity index (χ0) is 18.3. The maximum atomic E-state index is 12.8. The van der Waals surface area contributed by atoms with Crippen LogP contribution in [0.4, 0.5) is 0 Å². The summed E-state index contributed by atoms with van der Waals surface area (Å²) >= 11 is 0. The Balaban J connectivity index is 1.83. The van der Waals surface area contributed by atoms with Crippen LogP contribution in [-0.4, -0.2) is 58.8 Å². The van der Waals surface area contributed by atoms with E-state index >= 15 is 0 Å². The van der Waals surface area contributed by atoms with Gasteiger partial charge in [0.25, 0.3) is 0 Å². The van der Waals surface area contributed by atoms with E-state index in [1.54, 1.807) is 19.3 Å². The van der Waals surface area contributed by atoms with Gasteiger partial charge in [0.05, 0.1) is 30.3 Å². The van der Waals surface area contributed by atoms with E-state index in [1.165, 1.54) is 0 Å². The minimum Gasteiger partial charge on any atom is -0.493 e. The van der Waals surface area contributed by atoms with Crippen molar-refractivity contribution >= 4 is 5.78 Å². The van der Waals surface area contributed by atoms with Crippen LogP contribution in [-0.2, 0) is 10.2 Å². The minimum atomic E-state index is -1.23. The van der Waals surface area contributed by atoms with Gasteiger partial charge in [-0.2, -0.15) is 0 Å². The first-order valence-electron chi connectivity index (χ1n) is 9.15. The van der Waals surface area contributed by atoms with Gasteiger partial charge >= 0.3 is 0 Å². The molecular weight excluding hydrogens is 334 g/mol. The van der Waals surface area contributed by atoms with Crippen molar-refractivity contribution in [2.75, 3.05) is 20.2 Å². The summed E-state index contributed by atoms with van der Waals surface area (Å²) in [5.41, 5.74) is -0.527. The number of ether oxygens (including phenoxy) is 2. The number of carbonyl (C=O) groups excluding carboxylic acids is 1. The van der Waals surface area contributed by atoms with E-state index < -0.39 is 29.3 Å². The van der Waals surface area contributed by atoms with Crippen molar-refractivity contribution in [1.82, 2.24) is 4.90 Å². The van der Waals surface area contributed by atoms with Crippen molar-refractivity contribution < 1.29 is 24.5 Å². The molecule has 0 radical (unpaired) electrons. The lowest BCUT2D eigenvalue weighted by Gasteiger charge is -2.63. The fourth-order valence-electron chi connectivity index (χ4n) is 6.01. The Bertz CT molecular complexity index is 823. The molecule has 26 heavy (non-hydrogen) atoms. The highest BCUT2D eigenvalue weighted by Gasteiger charge is 2.74. The van der Waals surface area contributed by atoms with Gasteiger partial charge < -0.3 is 19.7 Å². The van der Waals surface area contributed by atoms with Crippen LogP contribution in [0.1, 0.15) is 36.5 Å². The Labute approximate surface area is 152 Å². The molecule has 5 rings (SSSR count). The number of benzene rings is 1. The maximum Gasteiger partial charge on any atom is 0.174 e. The Morgan fingerprint density at radius 1 is 1.46 bits per heavy atom. The van der Waals surface area contributed by atoms with E-state index in [4.69, 9.17) is 9.47 Å². The number of Topliss-reactive ketones (excluding diaryl/α,β-unsaturated/α-hetero) is 1. The molecule has 2 aliphatic heterocycles. The van der Waals surface area contributed by atoms with Crippen LogP contribution < -0.4 is 9.47 Å². The minimum absolute atomic E-state index is 0.0196. The zero-order valence-electron chi connectivity index (χ0n) is 14.8. The predicted molar refractivity (Wildman–Crippen MR) is 93.4 cm³/mol. The molecule has 1 saturated heterocycles. The Morgan fingerprint density at radius 2 is 2.27 bits per heavy atom. The van der Waals surface area contributed by atoms with E-state index in [0.717, 1.165) is 11.1 Å². The van der Waals surface area contributed by atoms with Crippen molar-refractivity contribution in [2.45, 2.75) is 48.5 Å². The third-order valence-electron chi connectivity index (χ3n) is 6.98. The second-order valence-electron chi connectivity index (χ2n) is 7.84. The van der Waals surface area contributed by atoms with Crippen LogP contribution in [0.25, 0.3) is 0 Å². The zero-order valence-corrected chi connectivity index (χ0v) is 14.8. The van der Waals surface area contributed by atoms with E-state index in [1.807, 2.05) is 6.07 Å². The molecule has 138 valence electrons. The summed E-state index contributed by atoms with van der Waals surface area (Å²) in [4.78, 5) is 14.9. The molecule has 1 aromatic carbocycles. The third kappa shape index (κ3) is 1.57. The van der Waals surface area contributed by atoms with Gasteiger partial charge in [0.2, 0.25) is 0 Å². The van der Waals surface area contributed by atoms with E-state index in [2.05, 4.69) is 11.5 Å². The highest BCUT2D eigenvalue weighted by atomic mass is 16.5. The monoisotopic (exact) mass is 357 g/mol. The molecule has 2 aliphatic carbocycles. The summed E-state index contributed by atoms with van der Waals surface area (Å²) in [6.07, 6.45) is 1.40. The van der Waals surface area contributed by atoms with Crippen molar-refractivity contribution in [2.24, 2.45) is 0 Å². The maximum absolute atomic E-state index is 12.8. The summed E-state index contributed by atoms with van der Waals surface area (Å²) in [5, 5.41) is 23.2. The van der Waals surface area contributed by atoms with Gasteiger partial charge in [0, 0.05) is 25.1 Å². The van der Waals surface area contributed by atoms with Crippen LogP contribution in [0.5, 0.6) is 11.5 Å². The predicted octanol–water partition coefficient (Wildman–Crippen LogP) is 1.10. The Kier molecular flexibility index (Phi) is 3.19. The number of likely N-dealkylation sites (tertiary alicyclic amines) is 1. The number of aliphatic hydroxyl groups excluding tert-OH is 1. The highest BCUT2D eigenvalue weighted by Crippen LogP contribution is 2.66. The lowest BCUT2D eigenvalue weighted by atomic mass is 9.48. The smallest absolute Gasteiger partial charge is 0.174 e. The first kappa shape index (κ1) is 16.3. The number of ketones is 1. The molecule has 0 unspecified atom stereocenters. The highest BCUT2D eigenvalue weighted by molar-refractivity contribution is 5.90. The van der Waals surface area contributed by atoms with Crippen molar-refractivity contribution in [1.29, 1.82) is 0 Å². The van der Waals surface area contributed by atoms with Crippen LogP contribution in [0.3, 0.4) is 0 Å². The fraction of sp³-hybridized carbons (Fsp3) is 0.550. The Morgan fingerprint density at radius 3 is 3.00 bits per heavy atom. The van der Waals surface area contributed by atoms with Gasteiger partial charge in [-0.25, -0.2) is 0 Å². The Hall–Kier alpha value is -1.89. The number of hydrogen-bond acceptors (Lipinski definition) is 6. The molecule has 6 nitrogen and oxygen atoms in total. The number of nitrogens with zero attached hydrogens (tertiary/aromatic N) is 1. The van der Waals surface area contributed by atoms with Crippen molar-refractivity contribution in [3.05, 3.63) is 35.9 Å². The van der Waals surface area contributed by atoms with Gasteiger partial charge in [-0.15, -0.1) is 6.58 Å². The molecule has 2 bridgehead atoms. The molecule has 0 aromatic heterocycles. The average Bonchev–Trinajstić information content (AvgIpc) is 2.98. The third-order valence-corrected chi connectivity index (χ3v) is 6.98. The van der Waals surface area contributed by atoms with Gasteiger partial charge in [0.1, 0.15) is 0 Å². The van der Waals surface area contributed by atoms with Gasteiger partial charge in [0.15, 0.2) is 23.4 Å². The number of methoxy groups -OCH3 is 1. The summed E-state index contributed by atoms with van der Waals surface area (Å²) in [6.45, 7) is 5.06. The molecule has 1 spiro atoms. The molecule has 6 heteroatoms. The first-order valence-corrected chi connectivity index (χ1v) is 9.15. The topological polar surface area (TPSA) is 79.2 Å². The van der Waals surface area contributed by atoms with Gasteiger partial charge in [-0.3, -0.25) is 9.69 Å². The quantitative estimate of drug-likeness (QED) is 0.789. The summed E-state index contributed by atoms with van der Waals surface area (Å²) in [5.74, 6) is 1.08. The van der Waals surface area contributed by atoms with Crippen LogP contribution in [0.15, 0.2) is 24.8 Å². The van der Waals surface area contributed by atoms with Gasteiger partial charge in [-0.1, -0.05) is 12.1 Å². The number of rotatable bonds is 3. The van der Waals surface area contributed by atoms with Crippen LogP contribution in [0.2, 0.25) is 0 Å². The second kappa shape index (κ2) is 5.09. The lowest BCUT2D eigenvalue weighted by Crippen LogP contribution is -2.77. The SMILES string of the molecule is C=CCN1CC[C@]23c4c5ccc(OC)c4O[C@H]2C(=O)CC[C@@]3(O)[C@H]1[C@H]5O. The molecule has 1 aromatic rings. The average molecular weight is 357 g/mol. The van der Waals surface area contributed by atoms with Crippen LogP contribution in [0, 0.1) is 0 Å². The molecule has 2 fully saturated rings. The molecule has 1 saturated carbocycles. The standard InChI is InChI=1S/C20H23NO5/c1-3-9-21-10-8-19-14-11-4-5-13(25-2)16(14)26-18(19)12(22)6-7-20(19,24)17(21)15(11)23/h3-5,15,17-18,23-24H,1,6-10H2,2H3/t15-,17+,18-,19-,20+/m0/s1. The molecule has 4 aliphatic rings. The molecular formula is C20H23NO5. The summed E-state index contributed by atoms with van der Waals surface area (Å²) < 4.78 is 11.6. The number of aliphatic hydroxyl groups is 2. The second-order valence-corrected chi connectivity index (χ2v) is 7.84. The first-order chi connectivity index (χ1) is 12.5. The molecule has 2 heterocycles. The number of piperidine rings is 1. The van der Waals surface area contributed by atoms with Crippen molar-refractivity contribution in [3.63, 3.8) is 0 Å². The summed E-state index contributed by atoms with van der Waals surface area (Å²) in [6, 6.07) is 3.13.